The summed E-state index contributed by atoms with van der Waals surface area (Å²) in [5.41, 5.74) is 1.35. The van der Waals surface area contributed by atoms with Crippen molar-refractivity contribution >= 4 is 27.3 Å². The lowest BCUT2D eigenvalue weighted by atomic mass is 10.1. The van der Waals surface area contributed by atoms with Crippen LogP contribution in [-0.2, 0) is 11.2 Å². The fourth-order valence-corrected chi connectivity index (χ4v) is 3.40. The molecule has 1 aromatic rings. The number of methoxy groups -OCH3 is 1. The van der Waals surface area contributed by atoms with Gasteiger partial charge >= 0.3 is 0 Å². The average Bonchev–Trinajstić information content (AvgIpc) is 2.37. The summed E-state index contributed by atoms with van der Waals surface area (Å²) in [6.45, 7) is 1.98. The third-order valence-electron chi connectivity index (χ3n) is 2.30. The van der Waals surface area contributed by atoms with E-state index in [1.807, 2.05) is 11.3 Å². The summed E-state index contributed by atoms with van der Waals surface area (Å²) >= 11 is 5.34. The van der Waals surface area contributed by atoms with Crippen LogP contribution < -0.4 is 5.32 Å². The number of hydrogen-bond acceptors (Lipinski definition) is 3. The molecule has 1 aromatic heterocycles. The lowest BCUT2D eigenvalue weighted by Gasteiger charge is -2.12. The summed E-state index contributed by atoms with van der Waals surface area (Å²) < 4.78 is 6.64. The zero-order valence-electron chi connectivity index (χ0n) is 7.47. The van der Waals surface area contributed by atoms with Gasteiger partial charge in [-0.05, 0) is 34.0 Å². The van der Waals surface area contributed by atoms with E-state index in [0.717, 1.165) is 19.5 Å². The second-order valence-corrected chi connectivity index (χ2v) is 5.62. The maximum absolute atomic E-state index is 5.43. The molecule has 2 rings (SSSR count). The molecular formula is C9H12BrNOS. The van der Waals surface area contributed by atoms with Crippen molar-refractivity contribution in [1.82, 2.24) is 5.32 Å². The first-order valence-corrected chi connectivity index (χ1v) is 5.94. The predicted molar refractivity (Wildman–Crippen MR) is 58.3 cm³/mol. The minimum atomic E-state index is 0.222. The summed E-state index contributed by atoms with van der Waals surface area (Å²) in [6, 6.07) is 2.18. The molecular weight excluding hydrogens is 250 g/mol. The summed E-state index contributed by atoms with van der Waals surface area (Å²) in [4.78, 5) is 1.45. The van der Waals surface area contributed by atoms with Gasteiger partial charge in [0.05, 0.1) is 9.89 Å². The first-order valence-electron chi connectivity index (χ1n) is 4.33. The summed E-state index contributed by atoms with van der Waals surface area (Å²) in [5, 5.41) is 3.37. The van der Waals surface area contributed by atoms with Gasteiger partial charge in [0.2, 0.25) is 0 Å². The van der Waals surface area contributed by atoms with Crippen molar-refractivity contribution in [3.63, 3.8) is 0 Å². The Balaban J connectivity index is 2.34. The van der Waals surface area contributed by atoms with Gasteiger partial charge in [0.15, 0.2) is 0 Å². The highest BCUT2D eigenvalue weighted by atomic mass is 79.9. The van der Waals surface area contributed by atoms with Crippen molar-refractivity contribution in [2.24, 2.45) is 0 Å². The molecule has 72 valence electrons. The molecule has 4 heteroatoms. The van der Waals surface area contributed by atoms with Crippen molar-refractivity contribution in [3.8, 4) is 0 Å². The number of ether oxygens (including phenoxy) is 1. The molecule has 0 amide bonds. The summed E-state index contributed by atoms with van der Waals surface area (Å²) in [6.07, 6.45) is 1.34. The minimum Gasteiger partial charge on any atom is -0.375 e. The molecule has 0 saturated carbocycles. The van der Waals surface area contributed by atoms with Crippen LogP contribution in [0.25, 0.3) is 0 Å². The van der Waals surface area contributed by atoms with Crippen LogP contribution in [0.5, 0.6) is 0 Å². The zero-order chi connectivity index (χ0) is 9.26. The molecule has 1 aliphatic heterocycles. The molecule has 1 aliphatic rings. The third kappa shape index (κ3) is 1.96. The van der Waals surface area contributed by atoms with Crippen molar-refractivity contribution in [2.75, 3.05) is 20.2 Å². The molecule has 0 fully saturated rings. The third-order valence-corrected chi connectivity index (χ3v) is 4.02. The van der Waals surface area contributed by atoms with Crippen LogP contribution in [0.2, 0.25) is 0 Å². The minimum absolute atomic E-state index is 0.222. The first-order chi connectivity index (χ1) is 6.31. The van der Waals surface area contributed by atoms with Crippen LogP contribution in [0.15, 0.2) is 9.85 Å². The second-order valence-electron chi connectivity index (χ2n) is 3.11. The maximum atomic E-state index is 5.43. The van der Waals surface area contributed by atoms with E-state index >= 15 is 0 Å². The highest BCUT2D eigenvalue weighted by Crippen LogP contribution is 2.33. The van der Waals surface area contributed by atoms with Gasteiger partial charge in [-0.3, -0.25) is 0 Å². The maximum Gasteiger partial charge on any atom is 0.0956 e. The standard InChI is InChI=1S/C9H12BrNOS/c1-12-7-5-11-3-2-8-6(7)4-9(10)13-8/h4,7,11H,2-3,5H2,1H3. The van der Waals surface area contributed by atoms with Crippen LogP contribution in [-0.4, -0.2) is 20.2 Å². The Hall–Kier alpha value is 0.100. The highest BCUT2D eigenvalue weighted by Gasteiger charge is 2.20. The molecule has 1 N–H and O–H groups in total. The van der Waals surface area contributed by atoms with Gasteiger partial charge in [-0.25, -0.2) is 0 Å². The topological polar surface area (TPSA) is 21.3 Å². The second kappa shape index (κ2) is 4.09. The van der Waals surface area contributed by atoms with E-state index in [1.165, 1.54) is 14.2 Å². The van der Waals surface area contributed by atoms with E-state index in [1.54, 1.807) is 7.11 Å². The molecule has 0 spiro atoms. The predicted octanol–water partition coefficient (Wildman–Crippen LogP) is 2.34. The molecule has 0 saturated heterocycles. The monoisotopic (exact) mass is 261 g/mol. The van der Waals surface area contributed by atoms with Crippen molar-refractivity contribution in [1.29, 1.82) is 0 Å². The number of nitrogens with one attached hydrogen (secondary N) is 1. The fourth-order valence-electron chi connectivity index (χ4n) is 1.63. The number of thiophene rings is 1. The van der Waals surface area contributed by atoms with Crippen LogP contribution in [0.1, 0.15) is 16.5 Å². The van der Waals surface area contributed by atoms with E-state index in [0.29, 0.717) is 0 Å². The summed E-state index contributed by atoms with van der Waals surface area (Å²) in [7, 11) is 1.77. The van der Waals surface area contributed by atoms with Gasteiger partial charge in [0.1, 0.15) is 0 Å². The van der Waals surface area contributed by atoms with Crippen LogP contribution in [0, 0.1) is 0 Å². The molecule has 2 heterocycles. The number of hydrogen-bond donors (Lipinski definition) is 1. The van der Waals surface area contributed by atoms with E-state index in [9.17, 15) is 0 Å². The number of fused-ring (bicyclic) bond motifs is 1. The molecule has 0 bridgehead atoms. The van der Waals surface area contributed by atoms with Gasteiger partial charge in [-0.1, -0.05) is 0 Å². The SMILES string of the molecule is COC1CNCCc2sc(Br)cc21. The Labute approximate surface area is 90.4 Å². The summed E-state index contributed by atoms with van der Waals surface area (Å²) in [5.74, 6) is 0. The van der Waals surface area contributed by atoms with E-state index < -0.39 is 0 Å². The molecule has 2 nitrogen and oxygen atoms in total. The number of halogens is 1. The highest BCUT2D eigenvalue weighted by molar-refractivity contribution is 9.11. The fraction of sp³-hybridized carbons (Fsp3) is 0.556. The van der Waals surface area contributed by atoms with Crippen LogP contribution in [0.3, 0.4) is 0 Å². The van der Waals surface area contributed by atoms with Gasteiger partial charge < -0.3 is 10.1 Å². The van der Waals surface area contributed by atoms with Crippen molar-refractivity contribution in [2.45, 2.75) is 12.5 Å². The van der Waals surface area contributed by atoms with E-state index in [-0.39, 0.29) is 6.10 Å². The normalized spacial score (nSPS) is 22.5. The Bertz CT molecular complexity index is 300. The largest absolute Gasteiger partial charge is 0.375 e. The molecule has 0 radical (unpaired) electrons. The van der Waals surface area contributed by atoms with Gasteiger partial charge in [0.25, 0.3) is 0 Å². The Morgan fingerprint density at radius 1 is 1.69 bits per heavy atom. The van der Waals surface area contributed by atoms with Gasteiger partial charge in [-0.2, -0.15) is 0 Å². The molecule has 1 unspecified atom stereocenters. The Morgan fingerprint density at radius 2 is 2.54 bits per heavy atom. The lowest BCUT2D eigenvalue weighted by Crippen LogP contribution is -2.21. The zero-order valence-corrected chi connectivity index (χ0v) is 9.87. The van der Waals surface area contributed by atoms with E-state index in [4.69, 9.17) is 4.74 Å². The van der Waals surface area contributed by atoms with Crippen molar-refractivity contribution < 1.29 is 4.74 Å². The Kier molecular flexibility index (Phi) is 3.03. The molecule has 1 atom stereocenters. The van der Waals surface area contributed by atoms with E-state index in [2.05, 4.69) is 27.3 Å². The quantitative estimate of drug-likeness (QED) is 0.838. The number of rotatable bonds is 1. The van der Waals surface area contributed by atoms with Gasteiger partial charge in [0, 0.05) is 25.1 Å². The lowest BCUT2D eigenvalue weighted by molar-refractivity contribution is 0.105. The molecule has 0 aliphatic carbocycles. The van der Waals surface area contributed by atoms with Gasteiger partial charge in [-0.15, -0.1) is 11.3 Å². The Morgan fingerprint density at radius 3 is 3.31 bits per heavy atom. The molecule has 0 aromatic carbocycles. The molecule has 13 heavy (non-hydrogen) atoms. The van der Waals surface area contributed by atoms with Crippen LogP contribution in [0.4, 0.5) is 0 Å². The smallest absolute Gasteiger partial charge is 0.0956 e. The average molecular weight is 262 g/mol. The van der Waals surface area contributed by atoms with Crippen molar-refractivity contribution in [3.05, 3.63) is 20.3 Å². The van der Waals surface area contributed by atoms with Crippen LogP contribution >= 0.6 is 27.3 Å². The first kappa shape index (κ1) is 9.65.